The first-order valence-electron chi connectivity index (χ1n) is 13.5. The van der Waals surface area contributed by atoms with E-state index >= 15 is 0 Å². The highest BCUT2D eigenvalue weighted by molar-refractivity contribution is 5.83. The summed E-state index contributed by atoms with van der Waals surface area (Å²) in [6.07, 6.45) is 0. The predicted molar refractivity (Wildman–Crippen MR) is 153 cm³/mol. The number of piperazine rings is 1. The van der Waals surface area contributed by atoms with Gasteiger partial charge in [0.1, 0.15) is 6.04 Å². The highest BCUT2D eigenvalue weighted by Crippen LogP contribution is 2.29. The van der Waals surface area contributed by atoms with Gasteiger partial charge in [0.15, 0.2) is 5.82 Å². The Kier molecular flexibility index (Phi) is 7.04. The molecule has 0 amide bonds. The highest BCUT2D eigenvalue weighted by atomic mass is 16.1. The number of fused-ring (bicyclic) bond motifs is 1. The molecule has 0 unspecified atom stereocenters. The fourth-order valence-corrected chi connectivity index (χ4v) is 5.70. The molecule has 0 saturated carbocycles. The van der Waals surface area contributed by atoms with E-state index in [2.05, 4.69) is 91.8 Å². The average molecular weight is 520 g/mol. The zero-order chi connectivity index (χ0) is 26.8. The van der Waals surface area contributed by atoms with E-state index in [0.717, 1.165) is 60.3 Å². The van der Waals surface area contributed by atoms with Gasteiger partial charge in [-0.1, -0.05) is 72.3 Å². The van der Waals surface area contributed by atoms with Crippen LogP contribution in [0.3, 0.4) is 0 Å². The van der Waals surface area contributed by atoms with Crippen LogP contribution in [0.2, 0.25) is 0 Å². The van der Waals surface area contributed by atoms with Crippen molar-refractivity contribution in [1.82, 2.24) is 35.0 Å². The van der Waals surface area contributed by atoms with Crippen LogP contribution in [-0.2, 0) is 13.1 Å². The molecular weight excluding hydrogens is 486 g/mol. The standard InChI is InChI=1S/C31H33N7O/c1-22-17-23(2)28-26(18-22)19-27(31(39)32-28)29(30-33-34-35-38(30)21-25-11-7-4-8-12-25)37-15-13-36(14-16-37)20-24-9-5-3-6-10-24/h3-12,17-19,29H,13-16,20-21H2,1-2H3,(H,32,39)/t29-/m0/s1. The lowest BCUT2D eigenvalue weighted by Gasteiger charge is -2.38. The number of rotatable bonds is 7. The van der Waals surface area contributed by atoms with Crippen molar-refractivity contribution >= 4 is 10.9 Å². The smallest absolute Gasteiger partial charge is 0.253 e. The minimum Gasteiger partial charge on any atom is -0.321 e. The number of hydrogen-bond donors (Lipinski definition) is 1. The first-order valence-corrected chi connectivity index (χ1v) is 13.5. The minimum absolute atomic E-state index is 0.0968. The van der Waals surface area contributed by atoms with Gasteiger partial charge in [0.25, 0.3) is 5.56 Å². The summed E-state index contributed by atoms with van der Waals surface area (Å²) >= 11 is 0. The quantitative estimate of drug-likeness (QED) is 0.349. The van der Waals surface area contributed by atoms with Crippen molar-refractivity contribution < 1.29 is 0 Å². The van der Waals surface area contributed by atoms with Crippen LogP contribution in [0.15, 0.2) is 83.7 Å². The van der Waals surface area contributed by atoms with E-state index in [1.807, 2.05) is 35.9 Å². The number of aryl methyl sites for hydroxylation is 2. The number of aromatic amines is 1. The molecule has 1 aliphatic heterocycles. The van der Waals surface area contributed by atoms with Crippen LogP contribution in [0.25, 0.3) is 10.9 Å². The molecule has 39 heavy (non-hydrogen) atoms. The van der Waals surface area contributed by atoms with Crippen LogP contribution in [0.1, 0.15) is 39.7 Å². The Bertz CT molecular complexity index is 1620. The molecule has 6 rings (SSSR count). The highest BCUT2D eigenvalue weighted by Gasteiger charge is 2.32. The first kappa shape index (κ1) is 25.2. The SMILES string of the molecule is Cc1cc(C)c2[nH]c(=O)c([C@@H](c3nnnn3Cc3ccccc3)N3CCN(Cc4ccccc4)CC3)cc2c1. The molecule has 0 spiro atoms. The van der Waals surface area contributed by atoms with Crippen LogP contribution < -0.4 is 5.56 Å². The zero-order valence-electron chi connectivity index (χ0n) is 22.4. The summed E-state index contributed by atoms with van der Waals surface area (Å²) in [5.41, 5.74) is 6.10. The fraction of sp³-hybridized carbons (Fsp3) is 0.290. The largest absolute Gasteiger partial charge is 0.321 e. The second-order valence-corrected chi connectivity index (χ2v) is 10.5. The van der Waals surface area contributed by atoms with Gasteiger partial charge in [-0.05, 0) is 58.5 Å². The van der Waals surface area contributed by atoms with Crippen LogP contribution in [-0.4, -0.2) is 61.2 Å². The Morgan fingerprint density at radius 3 is 2.21 bits per heavy atom. The zero-order valence-corrected chi connectivity index (χ0v) is 22.4. The van der Waals surface area contributed by atoms with Gasteiger partial charge in [0, 0.05) is 38.3 Å². The molecule has 1 atom stereocenters. The molecule has 2 aromatic heterocycles. The molecule has 0 bridgehead atoms. The van der Waals surface area contributed by atoms with E-state index in [4.69, 9.17) is 0 Å². The molecule has 1 aliphatic rings. The summed E-state index contributed by atoms with van der Waals surface area (Å²) in [4.78, 5) is 21.7. The van der Waals surface area contributed by atoms with E-state index in [9.17, 15) is 4.79 Å². The molecule has 3 heterocycles. The molecule has 5 aromatic rings. The molecule has 8 nitrogen and oxygen atoms in total. The van der Waals surface area contributed by atoms with Crippen molar-refractivity contribution in [2.75, 3.05) is 26.2 Å². The van der Waals surface area contributed by atoms with Gasteiger partial charge in [-0.25, -0.2) is 4.68 Å². The third-order valence-electron chi connectivity index (χ3n) is 7.62. The third-order valence-corrected chi connectivity index (χ3v) is 7.62. The monoisotopic (exact) mass is 519 g/mol. The van der Waals surface area contributed by atoms with Crippen molar-refractivity contribution in [3.63, 3.8) is 0 Å². The maximum Gasteiger partial charge on any atom is 0.253 e. The van der Waals surface area contributed by atoms with Crippen molar-refractivity contribution in [3.05, 3.63) is 123 Å². The molecule has 198 valence electrons. The maximum atomic E-state index is 13.7. The summed E-state index contributed by atoms with van der Waals surface area (Å²) < 4.78 is 1.83. The van der Waals surface area contributed by atoms with Crippen LogP contribution in [0, 0.1) is 13.8 Å². The van der Waals surface area contributed by atoms with Crippen molar-refractivity contribution in [2.45, 2.75) is 33.0 Å². The summed E-state index contributed by atoms with van der Waals surface area (Å²) in [6, 6.07) is 26.6. The number of aromatic nitrogens is 5. The number of pyridine rings is 1. The lowest BCUT2D eigenvalue weighted by Crippen LogP contribution is -2.48. The van der Waals surface area contributed by atoms with E-state index in [-0.39, 0.29) is 11.6 Å². The summed E-state index contributed by atoms with van der Waals surface area (Å²) in [5.74, 6) is 0.685. The second kappa shape index (κ2) is 10.9. The number of benzene rings is 3. The molecular formula is C31H33N7O. The normalized spacial score (nSPS) is 15.5. The van der Waals surface area contributed by atoms with Gasteiger partial charge in [0.2, 0.25) is 0 Å². The van der Waals surface area contributed by atoms with E-state index in [1.54, 1.807) is 0 Å². The summed E-state index contributed by atoms with van der Waals surface area (Å²) in [7, 11) is 0. The Morgan fingerprint density at radius 1 is 0.846 bits per heavy atom. The second-order valence-electron chi connectivity index (χ2n) is 10.5. The van der Waals surface area contributed by atoms with Crippen molar-refractivity contribution in [3.8, 4) is 0 Å². The van der Waals surface area contributed by atoms with Gasteiger partial charge in [-0.3, -0.25) is 14.6 Å². The Morgan fingerprint density at radius 2 is 1.51 bits per heavy atom. The molecule has 0 radical (unpaired) electrons. The van der Waals surface area contributed by atoms with Crippen molar-refractivity contribution in [2.24, 2.45) is 0 Å². The molecule has 0 aliphatic carbocycles. The Hall–Kier alpha value is -4.14. The number of H-pyrrole nitrogens is 1. The molecule has 8 heteroatoms. The van der Waals surface area contributed by atoms with Gasteiger partial charge in [-0.15, -0.1) is 5.10 Å². The third kappa shape index (κ3) is 5.39. The molecule has 1 N–H and O–H groups in total. The van der Waals surface area contributed by atoms with E-state index in [0.29, 0.717) is 17.9 Å². The lowest BCUT2D eigenvalue weighted by atomic mass is 10.00. The fourth-order valence-electron chi connectivity index (χ4n) is 5.70. The Labute approximate surface area is 227 Å². The topological polar surface area (TPSA) is 82.9 Å². The summed E-state index contributed by atoms with van der Waals surface area (Å²) in [6.45, 7) is 8.98. The van der Waals surface area contributed by atoms with Crippen LogP contribution in [0.4, 0.5) is 0 Å². The van der Waals surface area contributed by atoms with E-state index in [1.165, 1.54) is 5.56 Å². The predicted octanol–water partition coefficient (Wildman–Crippen LogP) is 4.09. The van der Waals surface area contributed by atoms with Crippen LogP contribution in [0.5, 0.6) is 0 Å². The molecule has 3 aromatic carbocycles. The van der Waals surface area contributed by atoms with Gasteiger partial charge >= 0.3 is 0 Å². The number of nitrogens with zero attached hydrogens (tertiary/aromatic N) is 6. The Balaban J connectivity index is 1.37. The average Bonchev–Trinajstić information content (AvgIpc) is 3.39. The molecule has 1 saturated heterocycles. The maximum absolute atomic E-state index is 13.7. The lowest BCUT2D eigenvalue weighted by molar-refractivity contribution is 0.0998. The minimum atomic E-state index is -0.364. The summed E-state index contributed by atoms with van der Waals surface area (Å²) in [5, 5.41) is 13.9. The number of tetrazole rings is 1. The van der Waals surface area contributed by atoms with Gasteiger partial charge in [-0.2, -0.15) is 0 Å². The number of hydrogen-bond acceptors (Lipinski definition) is 6. The number of nitrogens with one attached hydrogen (secondary N) is 1. The first-order chi connectivity index (χ1) is 19.0. The van der Waals surface area contributed by atoms with Crippen LogP contribution >= 0.6 is 0 Å². The van der Waals surface area contributed by atoms with Gasteiger partial charge in [0.05, 0.1) is 12.1 Å². The van der Waals surface area contributed by atoms with E-state index < -0.39 is 0 Å². The van der Waals surface area contributed by atoms with Crippen molar-refractivity contribution in [1.29, 1.82) is 0 Å². The van der Waals surface area contributed by atoms with Gasteiger partial charge < -0.3 is 4.98 Å². The molecule has 1 fully saturated rings.